The van der Waals surface area contributed by atoms with Gasteiger partial charge in [0, 0.05) is 45.1 Å². The predicted octanol–water partition coefficient (Wildman–Crippen LogP) is 2.48. The largest absolute Gasteiger partial charge is 0.444 e. The molecule has 2 saturated heterocycles. The Labute approximate surface area is 160 Å². The Morgan fingerprint density at radius 1 is 1.22 bits per heavy atom. The highest BCUT2D eigenvalue weighted by molar-refractivity contribution is 5.69. The number of alkyl halides is 2. The summed E-state index contributed by atoms with van der Waals surface area (Å²) in [6.45, 7) is 10.9. The van der Waals surface area contributed by atoms with Crippen molar-refractivity contribution in [1.82, 2.24) is 15.1 Å². The summed E-state index contributed by atoms with van der Waals surface area (Å²) in [5, 5.41) is 2.78. The number of carbonyl (C=O) groups is 1. The van der Waals surface area contributed by atoms with Gasteiger partial charge in [0.15, 0.2) is 0 Å². The zero-order valence-electron chi connectivity index (χ0n) is 16.7. The van der Waals surface area contributed by atoms with Crippen LogP contribution in [0.25, 0.3) is 0 Å². The second-order valence-electron chi connectivity index (χ2n) is 9.30. The molecule has 3 fully saturated rings. The smallest absolute Gasteiger partial charge is 0.408 e. The first kappa shape index (κ1) is 20.7. The molecular weight excluding hydrogens is 356 g/mol. The number of hydrogen-bond donors (Lipinski definition) is 1. The van der Waals surface area contributed by atoms with Crippen molar-refractivity contribution in [2.45, 2.75) is 69.6 Å². The summed E-state index contributed by atoms with van der Waals surface area (Å²) in [5.41, 5.74) is -1.55. The molecule has 0 aromatic rings. The Morgan fingerprint density at radius 2 is 1.89 bits per heavy atom. The lowest BCUT2D eigenvalue weighted by atomic mass is 9.73. The average Bonchev–Trinajstić information content (AvgIpc) is 2.91. The Kier molecular flexibility index (Phi) is 5.99. The summed E-state index contributed by atoms with van der Waals surface area (Å²) in [4.78, 5) is 16.9. The van der Waals surface area contributed by atoms with E-state index >= 15 is 0 Å². The van der Waals surface area contributed by atoms with E-state index in [1.165, 1.54) is 0 Å². The zero-order valence-corrected chi connectivity index (χ0v) is 16.7. The van der Waals surface area contributed by atoms with E-state index in [1.807, 2.05) is 0 Å². The molecular formula is C19H33F2N3O3. The van der Waals surface area contributed by atoms with Gasteiger partial charge in [-0.15, -0.1) is 0 Å². The molecule has 3 rings (SSSR count). The number of halogens is 2. The number of carbonyl (C=O) groups excluding carboxylic acids is 1. The minimum absolute atomic E-state index is 0.319. The van der Waals surface area contributed by atoms with E-state index in [0.29, 0.717) is 12.6 Å². The van der Waals surface area contributed by atoms with Crippen LogP contribution in [0.1, 0.15) is 46.5 Å². The number of rotatable bonds is 5. The molecule has 0 radical (unpaired) electrons. The molecule has 1 saturated carbocycles. The number of nitrogens with zero attached hydrogens (tertiary/aromatic N) is 2. The van der Waals surface area contributed by atoms with Crippen LogP contribution in [-0.4, -0.2) is 84.9 Å². The molecule has 0 aromatic carbocycles. The van der Waals surface area contributed by atoms with Crippen molar-refractivity contribution in [3.05, 3.63) is 0 Å². The summed E-state index contributed by atoms with van der Waals surface area (Å²) in [5.74, 6) is -2.71. The summed E-state index contributed by atoms with van der Waals surface area (Å²) < 4.78 is 38.2. The second-order valence-corrected chi connectivity index (χ2v) is 9.30. The molecule has 1 N–H and O–H groups in total. The first-order valence-corrected chi connectivity index (χ1v) is 9.99. The number of likely N-dealkylation sites (tertiary alicyclic amines) is 1. The van der Waals surface area contributed by atoms with Crippen molar-refractivity contribution in [3.63, 3.8) is 0 Å². The van der Waals surface area contributed by atoms with Crippen LogP contribution < -0.4 is 5.32 Å². The van der Waals surface area contributed by atoms with E-state index in [0.717, 1.165) is 52.2 Å². The third kappa shape index (κ3) is 5.74. The fourth-order valence-corrected chi connectivity index (χ4v) is 4.48. The molecule has 2 aliphatic heterocycles. The summed E-state index contributed by atoms with van der Waals surface area (Å²) in [6.07, 6.45) is 0.881. The lowest BCUT2D eigenvalue weighted by molar-refractivity contribution is -0.140. The summed E-state index contributed by atoms with van der Waals surface area (Å²) in [7, 11) is 0. The first-order chi connectivity index (χ1) is 12.6. The second kappa shape index (κ2) is 7.79. The maximum Gasteiger partial charge on any atom is 0.408 e. The monoisotopic (exact) mass is 389 g/mol. The molecule has 0 spiro atoms. The maximum absolute atomic E-state index is 13.7. The minimum Gasteiger partial charge on any atom is -0.444 e. The maximum atomic E-state index is 13.7. The van der Waals surface area contributed by atoms with Gasteiger partial charge >= 0.3 is 6.09 Å². The van der Waals surface area contributed by atoms with E-state index < -0.39 is 23.2 Å². The van der Waals surface area contributed by atoms with Gasteiger partial charge in [-0.2, -0.15) is 0 Å². The van der Waals surface area contributed by atoms with Crippen LogP contribution in [0.5, 0.6) is 0 Å². The van der Waals surface area contributed by atoms with E-state index in [2.05, 4.69) is 15.1 Å². The highest BCUT2D eigenvalue weighted by Gasteiger charge is 2.58. The molecule has 1 aliphatic carbocycles. The number of nitrogens with one attached hydrogen (secondary N) is 1. The molecule has 2 heterocycles. The van der Waals surface area contributed by atoms with Crippen LogP contribution in [0.4, 0.5) is 13.6 Å². The molecule has 1 amide bonds. The van der Waals surface area contributed by atoms with Gasteiger partial charge in [0.05, 0.1) is 18.8 Å². The van der Waals surface area contributed by atoms with Crippen LogP contribution >= 0.6 is 0 Å². The molecule has 1 atom stereocenters. The number of amides is 1. The lowest BCUT2D eigenvalue weighted by Gasteiger charge is -2.50. The van der Waals surface area contributed by atoms with Crippen molar-refractivity contribution in [3.8, 4) is 0 Å². The summed E-state index contributed by atoms with van der Waals surface area (Å²) >= 11 is 0. The van der Waals surface area contributed by atoms with Gasteiger partial charge in [-0.1, -0.05) is 0 Å². The van der Waals surface area contributed by atoms with Gasteiger partial charge in [-0.05, 0) is 40.2 Å². The van der Waals surface area contributed by atoms with Gasteiger partial charge in [0.25, 0.3) is 5.92 Å². The van der Waals surface area contributed by atoms with Crippen LogP contribution in [0.15, 0.2) is 0 Å². The molecule has 3 aliphatic rings. The third-order valence-electron chi connectivity index (χ3n) is 5.54. The van der Waals surface area contributed by atoms with Crippen LogP contribution in [0, 0.1) is 0 Å². The van der Waals surface area contributed by atoms with Crippen molar-refractivity contribution >= 4 is 6.09 Å². The highest BCUT2D eigenvalue weighted by Crippen LogP contribution is 2.46. The number of alkyl carbamates (subject to hydrolysis) is 1. The van der Waals surface area contributed by atoms with E-state index in [1.54, 1.807) is 20.8 Å². The quantitative estimate of drug-likeness (QED) is 0.783. The van der Waals surface area contributed by atoms with Crippen LogP contribution in [0.2, 0.25) is 0 Å². The van der Waals surface area contributed by atoms with Crippen molar-refractivity contribution < 1.29 is 23.0 Å². The SMILES string of the molecule is CC(C)(C)OC(=O)NC1(CN2CCC[C@H]2CN2CCOCC2)CC(F)(F)C1. The molecule has 0 bridgehead atoms. The standard InChI is InChI=1S/C19H33F2N3O3/c1-17(2,3)27-16(25)22-18(12-19(20,21)13-18)14-24-6-4-5-15(24)11-23-7-9-26-10-8-23/h15H,4-14H2,1-3H3,(H,22,25)/t15-/m0/s1. The Hall–Kier alpha value is -0.990. The van der Waals surface area contributed by atoms with Crippen molar-refractivity contribution in [2.75, 3.05) is 45.9 Å². The topological polar surface area (TPSA) is 54.0 Å². The fourth-order valence-electron chi connectivity index (χ4n) is 4.48. The lowest BCUT2D eigenvalue weighted by Crippen LogP contribution is -2.68. The van der Waals surface area contributed by atoms with E-state index in [9.17, 15) is 13.6 Å². The predicted molar refractivity (Wildman–Crippen MR) is 98.1 cm³/mol. The molecule has 27 heavy (non-hydrogen) atoms. The summed E-state index contributed by atoms with van der Waals surface area (Å²) in [6, 6.07) is 0.342. The van der Waals surface area contributed by atoms with Crippen molar-refractivity contribution in [1.29, 1.82) is 0 Å². The Morgan fingerprint density at radius 3 is 2.48 bits per heavy atom. The van der Waals surface area contributed by atoms with Crippen LogP contribution in [-0.2, 0) is 9.47 Å². The molecule has 6 nitrogen and oxygen atoms in total. The fraction of sp³-hybridized carbons (Fsp3) is 0.947. The molecule has 0 unspecified atom stereocenters. The zero-order chi connectivity index (χ0) is 19.7. The average molecular weight is 389 g/mol. The number of ether oxygens (including phenoxy) is 2. The van der Waals surface area contributed by atoms with Gasteiger partial charge < -0.3 is 14.8 Å². The van der Waals surface area contributed by atoms with Crippen LogP contribution in [0.3, 0.4) is 0 Å². The van der Waals surface area contributed by atoms with Gasteiger partial charge in [-0.3, -0.25) is 9.80 Å². The normalized spacial score (nSPS) is 28.6. The Balaban J connectivity index is 1.60. The van der Waals surface area contributed by atoms with Gasteiger partial charge in [0.2, 0.25) is 0 Å². The van der Waals surface area contributed by atoms with E-state index in [4.69, 9.17) is 9.47 Å². The molecule has 156 valence electrons. The third-order valence-corrected chi connectivity index (χ3v) is 5.54. The highest BCUT2D eigenvalue weighted by atomic mass is 19.3. The van der Waals surface area contributed by atoms with Crippen molar-refractivity contribution in [2.24, 2.45) is 0 Å². The molecule has 8 heteroatoms. The number of hydrogen-bond acceptors (Lipinski definition) is 5. The minimum atomic E-state index is -2.71. The number of morpholine rings is 1. The van der Waals surface area contributed by atoms with E-state index in [-0.39, 0.29) is 12.8 Å². The van der Waals surface area contributed by atoms with Gasteiger partial charge in [-0.25, -0.2) is 13.6 Å². The van der Waals surface area contributed by atoms with Gasteiger partial charge in [0.1, 0.15) is 5.60 Å². The first-order valence-electron chi connectivity index (χ1n) is 9.99. The Bertz CT molecular complexity index is 525. The molecule has 0 aromatic heterocycles.